The van der Waals surface area contributed by atoms with Gasteiger partial charge in [0.2, 0.25) is 5.91 Å². The van der Waals surface area contributed by atoms with Gasteiger partial charge in [-0.1, -0.05) is 18.6 Å². The minimum Gasteiger partial charge on any atom is -0.465 e. The molecule has 0 radical (unpaired) electrons. The molecule has 0 aromatic heterocycles. The molecule has 3 N–H and O–H groups in total. The maximum Gasteiger partial charge on any atom is 0.409 e. The van der Waals surface area contributed by atoms with Crippen molar-refractivity contribution in [1.29, 1.82) is 0 Å². The smallest absolute Gasteiger partial charge is 0.409 e. The fraction of sp³-hybridized carbons (Fsp3) is 0.333. The van der Waals surface area contributed by atoms with Crippen LogP contribution in [-0.4, -0.2) is 40.4 Å². The zero-order valence-electron chi connectivity index (χ0n) is 14.2. The summed E-state index contributed by atoms with van der Waals surface area (Å²) in [6, 6.07) is 6.74. The molecule has 1 heterocycles. The number of carboxylic acid groups (broad SMARTS) is 1. The number of amides is 4. The quantitative estimate of drug-likeness (QED) is 0.460. The molecule has 4 amide bonds. The van der Waals surface area contributed by atoms with E-state index in [2.05, 4.69) is 10.6 Å². The Kier molecular flexibility index (Phi) is 6.90. The van der Waals surface area contributed by atoms with Crippen LogP contribution in [0, 0.1) is 0 Å². The molecule has 0 saturated heterocycles. The highest BCUT2D eigenvalue weighted by Crippen LogP contribution is 2.10. The number of carbonyl (C=O) groups is 4. The molecular weight excluding hydrogens is 338 g/mol. The number of hydrogen-bond acceptors (Lipinski definition) is 4. The standard InChI is InChI=1S/C18H21N3O5/c22-15(4-2-1-3-11-21-16(23)9-10-17(21)24)19-12-13-5-7-14(8-6-13)20-18(25)26/h5-10,20H,1-4,11-12H2,(H,19,22)(H,25,26). The highest BCUT2D eigenvalue weighted by molar-refractivity contribution is 6.12. The number of hydrogen-bond donors (Lipinski definition) is 3. The number of nitrogens with zero attached hydrogens (tertiary/aromatic N) is 1. The maximum atomic E-state index is 11.8. The highest BCUT2D eigenvalue weighted by Gasteiger charge is 2.22. The second-order valence-electron chi connectivity index (χ2n) is 5.88. The first kappa shape index (κ1) is 19.2. The van der Waals surface area contributed by atoms with Gasteiger partial charge in [-0.25, -0.2) is 4.79 Å². The average Bonchev–Trinajstić information content (AvgIpc) is 2.92. The van der Waals surface area contributed by atoms with Gasteiger partial charge in [-0.2, -0.15) is 0 Å². The number of nitrogens with one attached hydrogen (secondary N) is 2. The number of imide groups is 1. The lowest BCUT2D eigenvalue weighted by atomic mass is 10.1. The lowest BCUT2D eigenvalue weighted by Gasteiger charge is -2.13. The Labute approximate surface area is 150 Å². The molecule has 0 unspecified atom stereocenters. The molecule has 0 atom stereocenters. The Morgan fingerprint density at radius 3 is 2.23 bits per heavy atom. The van der Waals surface area contributed by atoms with E-state index >= 15 is 0 Å². The van der Waals surface area contributed by atoms with Gasteiger partial charge < -0.3 is 10.4 Å². The van der Waals surface area contributed by atoms with Crippen molar-refractivity contribution >= 4 is 29.5 Å². The molecule has 1 aromatic carbocycles. The summed E-state index contributed by atoms with van der Waals surface area (Å²) in [5.74, 6) is -0.637. The van der Waals surface area contributed by atoms with Gasteiger partial charge in [-0.3, -0.25) is 24.6 Å². The number of unbranched alkanes of at least 4 members (excludes halogenated alkanes) is 2. The van der Waals surface area contributed by atoms with E-state index in [0.29, 0.717) is 38.0 Å². The predicted octanol–water partition coefficient (Wildman–Crippen LogP) is 1.88. The topological polar surface area (TPSA) is 116 Å². The molecule has 0 aliphatic carbocycles. The first-order valence-corrected chi connectivity index (χ1v) is 8.35. The number of rotatable bonds is 9. The van der Waals surface area contributed by atoms with E-state index in [0.717, 1.165) is 12.0 Å². The number of carbonyl (C=O) groups excluding carboxylic acids is 3. The molecule has 0 spiro atoms. The second kappa shape index (κ2) is 9.36. The van der Waals surface area contributed by atoms with Crippen molar-refractivity contribution in [3.8, 4) is 0 Å². The van der Waals surface area contributed by atoms with E-state index in [1.54, 1.807) is 24.3 Å². The maximum absolute atomic E-state index is 11.8. The van der Waals surface area contributed by atoms with Crippen molar-refractivity contribution in [2.75, 3.05) is 11.9 Å². The van der Waals surface area contributed by atoms with Crippen LogP contribution in [0.5, 0.6) is 0 Å². The number of anilines is 1. The molecule has 26 heavy (non-hydrogen) atoms. The van der Waals surface area contributed by atoms with Gasteiger partial charge >= 0.3 is 6.09 Å². The van der Waals surface area contributed by atoms with Crippen LogP contribution in [0.1, 0.15) is 31.2 Å². The molecule has 1 aromatic rings. The van der Waals surface area contributed by atoms with Gasteiger partial charge in [0.15, 0.2) is 0 Å². The van der Waals surface area contributed by atoms with E-state index in [-0.39, 0.29) is 17.7 Å². The van der Waals surface area contributed by atoms with Crippen molar-refractivity contribution in [3.63, 3.8) is 0 Å². The molecule has 1 aliphatic heterocycles. The van der Waals surface area contributed by atoms with Gasteiger partial charge in [0, 0.05) is 37.3 Å². The lowest BCUT2D eigenvalue weighted by molar-refractivity contribution is -0.137. The molecule has 0 fully saturated rings. The number of benzene rings is 1. The van der Waals surface area contributed by atoms with Gasteiger partial charge in [0.05, 0.1) is 0 Å². The molecule has 0 saturated carbocycles. The Bertz CT molecular complexity index is 694. The van der Waals surface area contributed by atoms with Crippen molar-refractivity contribution in [2.24, 2.45) is 0 Å². The van der Waals surface area contributed by atoms with Gasteiger partial charge in [0.1, 0.15) is 0 Å². The van der Waals surface area contributed by atoms with Crippen molar-refractivity contribution in [1.82, 2.24) is 10.2 Å². The molecule has 8 heteroatoms. The summed E-state index contributed by atoms with van der Waals surface area (Å²) in [6.07, 6.45) is 3.88. The minimum absolute atomic E-state index is 0.0762. The van der Waals surface area contributed by atoms with Crippen LogP contribution >= 0.6 is 0 Å². The first-order valence-electron chi connectivity index (χ1n) is 8.35. The fourth-order valence-electron chi connectivity index (χ4n) is 2.50. The van der Waals surface area contributed by atoms with E-state index in [9.17, 15) is 19.2 Å². The fourth-order valence-corrected chi connectivity index (χ4v) is 2.50. The predicted molar refractivity (Wildman–Crippen MR) is 94.3 cm³/mol. The van der Waals surface area contributed by atoms with Crippen LogP contribution in [-0.2, 0) is 20.9 Å². The van der Waals surface area contributed by atoms with Crippen LogP contribution in [0.3, 0.4) is 0 Å². The molecular formula is C18H21N3O5. The lowest BCUT2D eigenvalue weighted by Crippen LogP contribution is -2.30. The average molecular weight is 359 g/mol. The van der Waals surface area contributed by atoms with Crippen LogP contribution < -0.4 is 10.6 Å². The van der Waals surface area contributed by atoms with Crippen LogP contribution in [0.15, 0.2) is 36.4 Å². The molecule has 0 bridgehead atoms. The molecule has 138 valence electrons. The zero-order valence-corrected chi connectivity index (χ0v) is 14.2. The minimum atomic E-state index is -1.12. The summed E-state index contributed by atoms with van der Waals surface area (Å²) in [7, 11) is 0. The van der Waals surface area contributed by atoms with E-state index < -0.39 is 6.09 Å². The Balaban J connectivity index is 1.58. The molecule has 1 aliphatic rings. The van der Waals surface area contributed by atoms with Gasteiger partial charge in [-0.05, 0) is 30.5 Å². The Hall–Kier alpha value is -3.16. The normalized spacial score (nSPS) is 13.2. The largest absolute Gasteiger partial charge is 0.465 e. The van der Waals surface area contributed by atoms with Crippen LogP contribution in [0.2, 0.25) is 0 Å². The van der Waals surface area contributed by atoms with Crippen LogP contribution in [0.4, 0.5) is 10.5 Å². The molecule has 8 nitrogen and oxygen atoms in total. The van der Waals surface area contributed by atoms with E-state index in [1.165, 1.54) is 17.1 Å². The third-order valence-electron chi connectivity index (χ3n) is 3.88. The molecule has 2 rings (SSSR count). The summed E-state index contributed by atoms with van der Waals surface area (Å²) >= 11 is 0. The Morgan fingerprint density at radius 1 is 0.962 bits per heavy atom. The SMILES string of the molecule is O=C(O)Nc1ccc(CNC(=O)CCCCCN2C(=O)C=CC2=O)cc1. The van der Waals surface area contributed by atoms with Gasteiger partial charge in [0.25, 0.3) is 11.8 Å². The third-order valence-corrected chi connectivity index (χ3v) is 3.88. The highest BCUT2D eigenvalue weighted by atomic mass is 16.4. The van der Waals surface area contributed by atoms with E-state index in [4.69, 9.17) is 5.11 Å². The first-order chi connectivity index (χ1) is 12.5. The monoisotopic (exact) mass is 359 g/mol. The summed E-state index contributed by atoms with van der Waals surface area (Å²) in [6.45, 7) is 0.748. The summed E-state index contributed by atoms with van der Waals surface area (Å²) in [5.41, 5.74) is 1.34. The van der Waals surface area contributed by atoms with Crippen molar-refractivity contribution < 1.29 is 24.3 Å². The zero-order chi connectivity index (χ0) is 18.9. The summed E-state index contributed by atoms with van der Waals surface area (Å²) < 4.78 is 0. The second-order valence-corrected chi connectivity index (χ2v) is 5.88. The van der Waals surface area contributed by atoms with Crippen molar-refractivity contribution in [2.45, 2.75) is 32.2 Å². The summed E-state index contributed by atoms with van der Waals surface area (Å²) in [4.78, 5) is 46.3. The van der Waals surface area contributed by atoms with Crippen LogP contribution in [0.25, 0.3) is 0 Å². The van der Waals surface area contributed by atoms with Crippen molar-refractivity contribution in [3.05, 3.63) is 42.0 Å². The Morgan fingerprint density at radius 2 is 1.62 bits per heavy atom. The van der Waals surface area contributed by atoms with Gasteiger partial charge in [-0.15, -0.1) is 0 Å². The van der Waals surface area contributed by atoms with E-state index in [1.807, 2.05) is 0 Å². The third kappa shape index (κ3) is 6.04. The summed E-state index contributed by atoms with van der Waals surface area (Å²) in [5, 5.41) is 13.7.